The molecule has 0 bridgehead atoms. The summed E-state index contributed by atoms with van der Waals surface area (Å²) in [6, 6.07) is 9.46. The molecule has 1 aliphatic rings. The molecule has 0 saturated heterocycles. The third kappa shape index (κ3) is 3.82. The molecule has 0 radical (unpaired) electrons. The fourth-order valence-electron chi connectivity index (χ4n) is 4.06. The van der Waals surface area contributed by atoms with E-state index in [0.717, 1.165) is 34.2 Å². The largest absolute Gasteiger partial charge is 0.478 e. The highest BCUT2D eigenvalue weighted by Gasteiger charge is 2.33. The van der Waals surface area contributed by atoms with Crippen molar-refractivity contribution in [2.24, 2.45) is 5.41 Å². The second-order valence-corrected chi connectivity index (χ2v) is 9.62. The van der Waals surface area contributed by atoms with Crippen molar-refractivity contribution in [2.75, 3.05) is 12.4 Å². The summed E-state index contributed by atoms with van der Waals surface area (Å²) < 4.78 is 0. The van der Waals surface area contributed by atoms with Crippen molar-refractivity contribution in [3.8, 4) is 0 Å². The van der Waals surface area contributed by atoms with Gasteiger partial charge < -0.3 is 15.7 Å². The molecule has 3 aromatic rings. The number of carbonyl (C=O) groups is 2. The molecule has 4 rings (SSSR count). The van der Waals surface area contributed by atoms with Gasteiger partial charge in [-0.3, -0.25) is 9.78 Å². The minimum atomic E-state index is -0.993. The zero-order valence-electron chi connectivity index (χ0n) is 17.3. The van der Waals surface area contributed by atoms with Crippen LogP contribution in [0.5, 0.6) is 0 Å². The Morgan fingerprint density at radius 1 is 1.27 bits per heavy atom. The first kappa shape index (κ1) is 20.5. The highest BCUT2D eigenvalue weighted by molar-refractivity contribution is 7.17. The van der Waals surface area contributed by atoms with Crippen molar-refractivity contribution < 1.29 is 14.7 Å². The maximum atomic E-state index is 13.2. The van der Waals surface area contributed by atoms with E-state index in [4.69, 9.17) is 0 Å². The molecule has 3 N–H and O–H groups in total. The van der Waals surface area contributed by atoms with Crippen LogP contribution in [0.3, 0.4) is 0 Å². The van der Waals surface area contributed by atoms with Gasteiger partial charge in [0, 0.05) is 16.8 Å². The van der Waals surface area contributed by atoms with Gasteiger partial charge in [-0.25, -0.2) is 4.79 Å². The number of carboxylic acids is 1. The van der Waals surface area contributed by atoms with Gasteiger partial charge in [-0.05, 0) is 49.4 Å². The lowest BCUT2D eigenvalue weighted by Crippen LogP contribution is -2.23. The summed E-state index contributed by atoms with van der Waals surface area (Å²) in [5.74, 6) is -1.33. The number of pyridine rings is 1. The summed E-state index contributed by atoms with van der Waals surface area (Å²) in [6.45, 7) is 4.75. The summed E-state index contributed by atoms with van der Waals surface area (Å²) in [4.78, 5) is 31.0. The standard InChI is InChI=1S/C23H25N3O3S/c1-23(2)9-8-18-15(11-23)19(22(28)29)21(30-18)26-20(27)14-10-13-6-4-5-7-16(13)25-17(14)12-24-3/h4-7,10,24H,8-9,11-12H2,1-3H3,(H,26,27)(H,28,29). The number of aryl methyl sites for hydroxylation is 1. The second-order valence-electron chi connectivity index (χ2n) is 8.51. The van der Waals surface area contributed by atoms with Gasteiger partial charge in [0.2, 0.25) is 0 Å². The van der Waals surface area contributed by atoms with E-state index in [1.165, 1.54) is 11.3 Å². The smallest absolute Gasteiger partial charge is 0.339 e. The van der Waals surface area contributed by atoms with Crippen LogP contribution in [0, 0.1) is 5.41 Å². The predicted octanol–water partition coefficient (Wildman–Crippen LogP) is 4.48. The Bertz CT molecular complexity index is 1150. The molecule has 0 unspecified atom stereocenters. The number of carboxylic acid groups (broad SMARTS) is 1. The number of para-hydroxylation sites is 1. The summed E-state index contributed by atoms with van der Waals surface area (Å²) >= 11 is 1.39. The molecule has 0 fully saturated rings. The van der Waals surface area contributed by atoms with Gasteiger partial charge in [0.05, 0.1) is 22.3 Å². The molecule has 0 aliphatic heterocycles. The Kier molecular flexibility index (Phi) is 5.34. The highest BCUT2D eigenvalue weighted by Crippen LogP contribution is 2.44. The lowest BCUT2D eigenvalue weighted by Gasteiger charge is -2.29. The molecule has 6 nitrogen and oxygen atoms in total. The van der Waals surface area contributed by atoms with Crippen molar-refractivity contribution in [1.82, 2.24) is 10.3 Å². The minimum absolute atomic E-state index is 0.0573. The van der Waals surface area contributed by atoms with Crippen molar-refractivity contribution in [3.05, 3.63) is 57.6 Å². The molecule has 1 aromatic carbocycles. The van der Waals surface area contributed by atoms with E-state index in [1.54, 1.807) is 7.05 Å². The average molecular weight is 424 g/mol. The number of nitrogens with one attached hydrogen (secondary N) is 2. The van der Waals surface area contributed by atoms with Crippen LogP contribution in [0.25, 0.3) is 10.9 Å². The zero-order valence-corrected chi connectivity index (χ0v) is 18.2. The normalized spacial score (nSPS) is 15.0. The van der Waals surface area contributed by atoms with Crippen molar-refractivity contribution in [2.45, 2.75) is 39.7 Å². The van der Waals surface area contributed by atoms with Crippen LogP contribution in [0.2, 0.25) is 0 Å². The number of nitrogens with zero attached hydrogens (tertiary/aromatic N) is 1. The topological polar surface area (TPSA) is 91.3 Å². The lowest BCUT2D eigenvalue weighted by molar-refractivity contribution is 0.0696. The summed E-state index contributed by atoms with van der Waals surface area (Å²) in [5, 5.41) is 17.1. The van der Waals surface area contributed by atoms with Crippen LogP contribution in [0.1, 0.15) is 57.1 Å². The number of fused-ring (bicyclic) bond motifs is 2. The van der Waals surface area contributed by atoms with E-state index >= 15 is 0 Å². The van der Waals surface area contributed by atoms with Crippen molar-refractivity contribution in [1.29, 1.82) is 0 Å². The number of hydrogen-bond donors (Lipinski definition) is 3. The molecule has 0 atom stereocenters. The van der Waals surface area contributed by atoms with E-state index in [0.29, 0.717) is 29.2 Å². The Labute approximate surface area is 179 Å². The Balaban J connectivity index is 1.74. The maximum absolute atomic E-state index is 13.2. The van der Waals surface area contributed by atoms with Crippen LogP contribution in [-0.2, 0) is 19.4 Å². The Hall–Kier alpha value is -2.77. The van der Waals surface area contributed by atoms with Gasteiger partial charge in [0.25, 0.3) is 5.91 Å². The number of aromatic carboxylic acids is 1. The molecule has 2 aromatic heterocycles. The first-order valence-electron chi connectivity index (χ1n) is 10.0. The number of hydrogen-bond acceptors (Lipinski definition) is 5. The molecule has 30 heavy (non-hydrogen) atoms. The molecule has 1 amide bonds. The molecule has 2 heterocycles. The van der Waals surface area contributed by atoms with Crippen LogP contribution < -0.4 is 10.6 Å². The van der Waals surface area contributed by atoms with Gasteiger partial charge in [-0.15, -0.1) is 11.3 Å². The van der Waals surface area contributed by atoms with E-state index in [1.807, 2.05) is 30.3 Å². The highest BCUT2D eigenvalue weighted by atomic mass is 32.1. The van der Waals surface area contributed by atoms with Gasteiger partial charge in [0.1, 0.15) is 5.00 Å². The first-order chi connectivity index (χ1) is 14.3. The van der Waals surface area contributed by atoms with Gasteiger partial charge in [-0.1, -0.05) is 32.0 Å². The quantitative estimate of drug-likeness (QED) is 0.563. The number of aromatic nitrogens is 1. The number of thiophene rings is 1. The monoisotopic (exact) mass is 423 g/mol. The molecular weight excluding hydrogens is 398 g/mol. The lowest BCUT2D eigenvalue weighted by atomic mass is 9.76. The van der Waals surface area contributed by atoms with Crippen LogP contribution >= 0.6 is 11.3 Å². The fourth-order valence-corrected chi connectivity index (χ4v) is 5.26. The van der Waals surface area contributed by atoms with Crippen LogP contribution in [0.15, 0.2) is 30.3 Å². The zero-order chi connectivity index (χ0) is 21.5. The summed E-state index contributed by atoms with van der Waals surface area (Å²) in [6.07, 6.45) is 2.55. The third-order valence-electron chi connectivity index (χ3n) is 5.61. The van der Waals surface area contributed by atoms with Gasteiger partial charge in [-0.2, -0.15) is 0 Å². The summed E-state index contributed by atoms with van der Waals surface area (Å²) in [7, 11) is 1.80. The number of carbonyl (C=O) groups excluding carboxylic acids is 1. The van der Waals surface area contributed by atoms with Gasteiger partial charge >= 0.3 is 5.97 Å². The van der Waals surface area contributed by atoms with E-state index in [2.05, 4.69) is 29.5 Å². The van der Waals surface area contributed by atoms with E-state index in [-0.39, 0.29) is 16.9 Å². The minimum Gasteiger partial charge on any atom is -0.478 e. The van der Waals surface area contributed by atoms with Crippen LogP contribution in [-0.4, -0.2) is 29.0 Å². The predicted molar refractivity (Wildman–Crippen MR) is 120 cm³/mol. The Morgan fingerprint density at radius 3 is 2.77 bits per heavy atom. The number of rotatable bonds is 5. The molecule has 7 heteroatoms. The number of amides is 1. The number of anilines is 1. The second kappa shape index (κ2) is 7.81. The molecule has 0 saturated carbocycles. The molecule has 1 aliphatic carbocycles. The number of benzene rings is 1. The van der Waals surface area contributed by atoms with Crippen LogP contribution in [0.4, 0.5) is 5.00 Å². The maximum Gasteiger partial charge on any atom is 0.339 e. The molecule has 0 spiro atoms. The first-order valence-corrected chi connectivity index (χ1v) is 10.8. The summed E-state index contributed by atoms with van der Waals surface area (Å²) in [5.41, 5.74) is 3.06. The van der Waals surface area contributed by atoms with E-state index < -0.39 is 5.97 Å². The SMILES string of the molecule is CNCc1nc2ccccc2cc1C(=O)Nc1sc2c(c1C(=O)O)CC(C)(C)CC2. The third-order valence-corrected chi connectivity index (χ3v) is 6.81. The van der Waals surface area contributed by atoms with E-state index in [9.17, 15) is 14.7 Å². The van der Waals surface area contributed by atoms with Crippen molar-refractivity contribution in [3.63, 3.8) is 0 Å². The molecular formula is C23H25N3O3S. The van der Waals surface area contributed by atoms with Crippen molar-refractivity contribution >= 4 is 39.1 Å². The average Bonchev–Trinajstić information content (AvgIpc) is 3.03. The fraction of sp³-hybridized carbons (Fsp3) is 0.348. The molecule has 156 valence electrons. The van der Waals surface area contributed by atoms with Gasteiger partial charge in [0.15, 0.2) is 0 Å². The Morgan fingerprint density at radius 2 is 2.03 bits per heavy atom.